The van der Waals surface area contributed by atoms with Gasteiger partial charge in [0.15, 0.2) is 0 Å². The Bertz CT molecular complexity index is 814. The normalized spacial score (nSPS) is 32.7. The molecule has 6 nitrogen and oxygen atoms in total. The molecule has 2 amide bonds. The summed E-state index contributed by atoms with van der Waals surface area (Å²) in [5, 5.41) is 6.62. The monoisotopic (exact) mass is 376 g/mol. The lowest BCUT2D eigenvalue weighted by Crippen LogP contribution is -2.69. The topological polar surface area (TPSA) is 84.0 Å². The van der Waals surface area contributed by atoms with Crippen LogP contribution in [0, 0.1) is 11.8 Å². The summed E-state index contributed by atoms with van der Waals surface area (Å²) in [6.07, 6.45) is 9.22. The van der Waals surface area contributed by atoms with Crippen LogP contribution in [0.1, 0.15) is 59.5 Å². The maximum absolute atomic E-state index is 12.8. The summed E-state index contributed by atoms with van der Waals surface area (Å²) in [4.78, 5) is 34.0. The molecule has 4 aliphatic carbocycles. The van der Waals surface area contributed by atoms with Crippen LogP contribution in [-0.2, 0) is 0 Å². The molecule has 0 atom stereocenters. The SMILES string of the molecule is O=C(NC12CC3CC(C1)CC(NC(=O)c1ccccn1)(C3)C2)c1ccccn1. The van der Waals surface area contributed by atoms with Gasteiger partial charge in [-0.15, -0.1) is 0 Å². The van der Waals surface area contributed by atoms with E-state index in [1.807, 2.05) is 24.3 Å². The van der Waals surface area contributed by atoms with Crippen LogP contribution in [0.25, 0.3) is 0 Å². The summed E-state index contributed by atoms with van der Waals surface area (Å²) in [5.41, 5.74) is 0.390. The van der Waals surface area contributed by atoms with Crippen LogP contribution >= 0.6 is 0 Å². The first kappa shape index (κ1) is 17.3. The van der Waals surface area contributed by atoms with Crippen molar-refractivity contribution in [1.82, 2.24) is 20.6 Å². The fraction of sp³-hybridized carbons (Fsp3) is 0.455. The molecule has 4 fully saturated rings. The number of hydrogen-bond donors (Lipinski definition) is 2. The molecule has 4 saturated carbocycles. The van der Waals surface area contributed by atoms with E-state index in [1.54, 1.807) is 24.5 Å². The van der Waals surface area contributed by atoms with Crippen molar-refractivity contribution in [3.05, 3.63) is 60.2 Å². The summed E-state index contributed by atoms with van der Waals surface area (Å²) < 4.78 is 0. The Morgan fingerprint density at radius 3 is 1.64 bits per heavy atom. The van der Waals surface area contributed by atoms with Crippen molar-refractivity contribution >= 4 is 11.8 Å². The molecule has 0 aliphatic heterocycles. The van der Waals surface area contributed by atoms with E-state index < -0.39 is 0 Å². The number of hydrogen-bond acceptors (Lipinski definition) is 4. The highest BCUT2D eigenvalue weighted by molar-refractivity contribution is 5.93. The number of aromatic nitrogens is 2. The highest BCUT2D eigenvalue weighted by Gasteiger charge is 2.58. The third-order valence-electron chi connectivity index (χ3n) is 6.61. The van der Waals surface area contributed by atoms with Gasteiger partial charge >= 0.3 is 0 Å². The molecule has 144 valence electrons. The summed E-state index contributed by atoms with van der Waals surface area (Å²) in [6, 6.07) is 10.8. The Morgan fingerprint density at radius 1 is 0.786 bits per heavy atom. The van der Waals surface area contributed by atoms with E-state index in [2.05, 4.69) is 20.6 Å². The molecular weight excluding hydrogens is 352 g/mol. The Balaban J connectivity index is 1.38. The molecule has 4 aliphatic rings. The third kappa shape index (κ3) is 3.07. The van der Waals surface area contributed by atoms with Crippen molar-refractivity contribution in [2.75, 3.05) is 0 Å². The zero-order valence-corrected chi connectivity index (χ0v) is 15.7. The minimum absolute atomic E-state index is 0.117. The lowest BCUT2D eigenvalue weighted by Gasteiger charge is -2.62. The highest BCUT2D eigenvalue weighted by Crippen LogP contribution is 2.57. The first-order chi connectivity index (χ1) is 13.5. The highest BCUT2D eigenvalue weighted by atomic mass is 16.2. The van der Waals surface area contributed by atoms with E-state index in [1.165, 1.54) is 6.42 Å². The Hall–Kier alpha value is -2.76. The number of pyridine rings is 2. The van der Waals surface area contributed by atoms with E-state index in [0.717, 1.165) is 32.1 Å². The smallest absolute Gasteiger partial charge is 0.270 e. The van der Waals surface area contributed by atoms with Crippen LogP contribution in [-0.4, -0.2) is 32.9 Å². The van der Waals surface area contributed by atoms with Crippen molar-refractivity contribution in [3.8, 4) is 0 Å². The second kappa shape index (κ2) is 6.40. The van der Waals surface area contributed by atoms with Gasteiger partial charge < -0.3 is 10.6 Å². The number of carbonyl (C=O) groups excluding carboxylic acids is 2. The molecule has 0 radical (unpaired) electrons. The molecule has 2 aromatic heterocycles. The number of rotatable bonds is 4. The number of nitrogens with zero attached hydrogens (tertiary/aromatic N) is 2. The Kier molecular flexibility index (Phi) is 3.96. The lowest BCUT2D eigenvalue weighted by atomic mass is 9.49. The first-order valence-electron chi connectivity index (χ1n) is 10.0. The summed E-state index contributed by atoms with van der Waals surface area (Å²) in [5.74, 6) is 0.839. The predicted octanol–water partition coefficient (Wildman–Crippen LogP) is 2.73. The van der Waals surface area contributed by atoms with E-state index in [4.69, 9.17) is 0 Å². The van der Waals surface area contributed by atoms with Crippen molar-refractivity contribution in [2.24, 2.45) is 11.8 Å². The zero-order valence-electron chi connectivity index (χ0n) is 15.7. The average molecular weight is 376 g/mol. The van der Waals surface area contributed by atoms with Gasteiger partial charge in [0.05, 0.1) is 0 Å². The van der Waals surface area contributed by atoms with Crippen LogP contribution in [0.4, 0.5) is 0 Å². The van der Waals surface area contributed by atoms with Gasteiger partial charge in [-0.1, -0.05) is 12.1 Å². The predicted molar refractivity (Wildman–Crippen MR) is 104 cm³/mol. The summed E-state index contributed by atoms with van der Waals surface area (Å²) >= 11 is 0. The Morgan fingerprint density at radius 2 is 1.25 bits per heavy atom. The molecule has 2 N–H and O–H groups in total. The van der Waals surface area contributed by atoms with Crippen LogP contribution in [0.15, 0.2) is 48.8 Å². The van der Waals surface area contributed by atoms with Gasteiger partial charge in [0.1, 0.15) is 11.4 Å². The molecule has 28 heavy (non-hydrogen) atoms. The molecule has 2 heterocycles. The van der Waals surface area contributed by atoms with Gasteiger partial charge in [-0.25, -0.2) is 0 Å². The van der Waals surface area contributed by atoms with E-state index >= 15 is 0 Å². The van der Waals surface area contributed by atoms with Gasteiger partial charge in [-0.05, 0) is 74.6 Å². The second-order valence-electron chi connectivity index (χ2n) is 8.86. The molecular formula is C22H24N4O2. The fourth-order valence-electron chi connectivity index (χ4n) is 6.16. The average Bonchev–Trinajstić information content (AvgIpc) is 2.67. The molecule has 6 rings (SSSR count). The molecule has 0 spiro atoms. The van der Waals surface area contributed by atoms with E-state index in [0.29, 0.717) is 23.2 Å². The minimum atomic E-state index is -0.254. The van der Waals surface area contributed by atoms with Crippen LogP contribution in [0.3, 0.4) is 0 Å². The van der Waals surface area contributed by atoms with Crippen LogP contribution in [0.5, 0.6) is 0 Å². The van der Waals surface area contributed by atoms with Gasteiger partial charge in [-0.2, -0.15) is 0 Å². The van der Waals surface area contributed by atoms with Crippen molar-refractivity contribution < 1.29 is 9.59 Å². The van der Waals surface area contributed by atoms with Gasteiger partial charge in [0, 0.05) is 23.5 Å². The third-order valence-corrected chi connectivity index (χ3v) is 6.61. The van der Waals surface area contributed by atoms with Crippen molar-refractivity contribution in [2.45, 2.75) is 49.6 Å². The Labute approximate surface area is 164 Å². The first-order valence-corrected chi connectivity index (χ1v) is 10.0. The van der Waals surface area contributed by atoms with Crippen molar-refractivity contribution in [1.29, 1.82) is 0 Å². The standard InChI is InChI=1S/C22H24N4O2/c27-19(17-5-1-3-7-23-17)25-21-10-15-9-16(11-21)13-22(12-15,14-21)26-20(28)18-6-2-4-8-24-18/h1-8,15-16H,9-14H2,(H,25,27)(H,26,28). The quantitative estimate of drug-likeness (QED) is 0.859. The molecule has 0 saturated heterocycles. The second-order valence-corrected chi connectivity index (χ2v) is 8.86. The number of amides is 2. The fourth-order valence-corrected chi connectivity index (χ4v) is 6.16. The maximum atomic E-state index is 12.8. The number of nitrogens with one attached hydrogen (secondary N) is 2. The molecule has 4 bridgehead atoms. The lowest BCUT2D eigenvalue weighted by molar-refractivity contribution is -0.0449. The zero-order chi connectivity index (χ0) is 19.2. The minimum Gasteiger partial charge on any atom is -0.345 e. The molecule has 2 aromatic rings. The van der Waals surface area contributed by atoms with Gasteiger partial charge in [0.25, 0.3) is 11.8 Å². The van der Waals surface area contributed by atoms with Gasteiger partial charge in [-0.3, -0.25) is 19.6 Å². The molecule has 0 unspecified atom stereocenters. The summed E-state index contributed by atoms with van der Waals surface area (Å²) in [7, 11) is 0. The molecule has 6 heteroatoms. The van der Waals surface area contributed by atoms with Crippen LogP contribution < -0.4 is 10.6 Å². The molecule has 0 aromatic carbocycles. The summed E-state index contributed by atoms with van der Waals surface area (Å²) in [6.45, 7) is 0. The van der Waals surface area contributed by atoms with Crippen molar-refractivity contribution in [3.63, 3.8) is 0 Å². The largest absolute Gasteiger partial charge is 0.345 e. The van der Waals surface area contributed by atoms with Gasteiger partial charge in [0.2, 0.25) is 0 Å². The van der Waals surface area contributed by atoms with E-state index in [9.17, 15) is 9.59 Å². The van der Waals surface area contributed by atoms with E-state index in [-0.39, 0.29) is 22.9 Å². The van der Waals surface area contributed by atoms with Crippen LogP contribution in [0.2, 0.25) is 0 Å². The number of carbonyl (C=O) groups is 2. The maximum Gasteiger partial charge on any atom is 0.270 e.